The smallest absolute Gasteiger partial charge is 0.358 e. The first-order valence-corrected chi connectivity index (χ1v) is 12.4. The van der Waals surface area contributed by atoms with Crippen LogP contribution in [0.5, 0.6) is 0 Å². The predicted octanol–water partition coefficient (Wildman–Crippen LogP) is 11.6. The molecule has 0 heterocycles. The van der Waals surface area contributed by atoms with Crippen molar-refractivity contribution >= 4 is 57.3 Å². The van der Waals surface area contributed by atoms with Gasteiger partial charge in [-0.3, -0.25) is 0 Å². The zero-order valence-electron chi connectivity index (χ0n) is 25.7. The molecule has 0 saturated carbocycles. The van der Waals surface area contributed by atoms with E-state index in [9.17, 15) is 0 Å². The molecule has 0 bridgehead atoms. The summed E-state index contributed by atoms with van der Waals surface area (Å²) >= 11 is 0. The average molecular weight is 649 g/mol. The number of benzene rings is 2. The Morgan fingerprint density at radius 1 is 0.500 bits per heavy atom. The molecule has 4 heteroatoms. The van der Waals surface area contributed by atoms with Gasteiger partial charge in [0.05, 0.1) is 0 Å². The fourth-order valence-electron chi connectivity index (χ4n) is 4.67. The Morgan fingerprint density at radius 3 is 1.03 bits per heavy atom. The van der Waals surface area contributed by atoms with Crippen molar-refractivity contribution in [2.24, 2.45) is 0 Å². The normalized spacial score (nSPS) is 10.1. The molecule has 4 aromatic carbocycles. The standard InChI is InChI=1S/2C16H21.2CH3.2ClH.Si.Zr/c2*1-10(2)13-8-14-6-12(5)7-16(14)15(9-13)11(3)4;;;;;;/h2*6-11H,1-5H3;2*1H3;2*1H;;/q4*-1;;;;+4. The van der Waals surface area contributed by atoms with Gasteiger partial charge in [-0.15, -0.1) is 81.8 Å². The van der Waals surface area contributed by atoms with Gasteiger partial charge in [0.1, 0.15) is 0 Å². The number of rotatable bonds is 4. The second-order valence-corrected chi connectivity index (χ2v) is 10.9. The van der Waals surface area contributed by atoms with E-state index in [1.54, 1.807) is 0 Å². The van der Waals surface area contributed by atoms with E-state index >= 15 is 0 Å². The molecule has 0 amide bonds. The Bertz CT molecular complexity index is 1120. The zero-order chi connectivity index (χ0) is 23.7. The summed E-state index contributed by atoms with van der Waals surface area (Å²) in [6.07, 6.45) is 0. The largest absolute Gasteiger partial charge is 4.00 e. The van der Waals surface area contributed by atoms with Crippen LogP contribution >= 0.6 is 24.8 Å². The van der Waals surface area contributed by atoms with Crippen LogP contribution in [0.2, 0.25) is 0 Å². The SMILES string of the molecule is Cc1cc2c(C(C)C)cc(C(C)C)cc2[cH-]1.Cc1cc2c(C(C)C)cc(C(C)C)cc2[cH-]1.Cl.Cl.[CH3-].[CH3-].[Si].[Zr+4]. The Labute approximate surface area is 271 Å². The van der Waals surface area contributed by atoms with Crippen molar-refractivity contribution in [1.82, 2.24) is 0 Å². The van der Waals surface area contributed by atoms with E-state index in [0.717, 1.165) is 0 Å². The predicted molar refractivity (Wildman–Crippen MR) is 178 cm³/mol. The molecule has 0 N–H and O–H groups in total. The minimum atomic E-state index is 0. The molecule has 0 spiro atoms. The van der Waals surface area contributed by atoms with Crippen molar-refractivity contribution in [3.05, 3.63) is 96.8 Å². The molecule has 0 saturated heterocycles. The summed E-state index contributed by atoms with van der Waals surface area (Å²) in [5, 5.41) is 5.70. The van der Waals surface area contributed by atoms with Crippen molar-refractivity contribution in [2.45, 2.75) is 92.9 Å². The van der Waals surface area contributed by atoms with E-state index < -0.39 is 0 Å². The maximum Gasteiger partial charge on any atom is 4.00 e. The number of aryl methyl sites for hydroxylation is 2. The molecule has 0 nitrogen and oxygen atoms in total. The molecule has 0 aliphatic rings. The number of hydrogen-bond acceptors (Lipinski definition) is 0. The molecule has 4 radical (unpaired) electrons. The van der Waals surface area contributed by atoms with Crippen LogP contribution in [0.25, 0.3) is 21.5 Å². The van der Waals surface area contributed by atoms with E-state index in [1.807, 2.05) is 0 Å². The van der Waals surface area contributed by atoms with Gasteiger partial charge in [0.15, 0.2) is 0 Å². The molecule has 0 aromatic heterocycles. The third kappa shape index (κ3) is 10.4. The quantitative estimate of drug-likeness (QED) is 0.153. The van der Waals surface area contributed by atoms with Gasteiger partial charge >= 0.3 is 26.2 Å². The summed E-state index contributed by atoms with van der Waals surface area (Å²) < 4.78 is 0. The summed E-state index contributed by atoms with van der Waals surface area (Å²) in [4.78, 5) is 0. The van der Waals surface area contributed by atoms with Crippen molar-refractivity contribution in [3.63, 3.8) is 0 Å². The van der Waals surface area contributed by atoms with Gasteiger partial charge in [0.25, 0.3) is 0 Å². The van der Waals surface area contributed by atoms with Crippen LogP contribution in [0.1, 0.15) is 112 Å². The molecule has 0 atom stereocenters. The van der Waals surface area contributed by atoms with Gasteiger partial charge < -0.3 is 14.9 Å². The third-order valence-corrected chi connectivity index (χ3v) is 6.62. The first-order chi connectivity index (χ1) is 15.0. The number of hydrogen-bond donors (Lipinski definition) is 0. The maximum absolute atomic E-state index is 2.39. The molecule has 0 fully saturated rings. The third-order valence-electron chi connectivity index (χ3n) is 6.62. The van der Waals surface area contributed by atoms with Crippen LogP contribution in [0.15, 0.2) is 48.5 Å². The molecule has 208 valence electrons. The van der Waals surface area contributed by atoms with Gasteiger partial charge in [-0.1, -0.05) is 104 Å². The van der Waals surface area contributed by atoms with E-state index in [0.29, 0.717) is 23.7 Å². The van der Waals surface area contributed by atoms with E-state index in [2.05, 4.69) is 118 Å². The van der Waals surface area contributed by atoms with Crippen molar-refractivity contribution in [2.75, 3.05) is 0 Å². The van der Waals surface area contributed by atoms with Crippen LogP contribution in [0, 0.1) is 28.7 Å². The van der Waals surface area contributed by atoms with Crippen LogP contribution in [0.4, 0.5) is 0 Å². The summed E-state index contributed by atoms with van der Waals surface area (Å²) in [7, 11) is 0. The van der Waals surface area contributed by atoms with Gasteiger partial charge in [-0.25, -0.2) is 0 Å². The molecule has 38 heavy (non-hydrogen) atoms. The topological polar surface area (TPSA) is 0 Å². The van der Waals surface area contributed by atoms with Crippen LogP contribution < -0.4 is 0 Å². The van der Waals surface area contributed by atoms with Crippen LogP contribution in [-0.2, 0) is 26.2 Å². The Kier molecular flexibility index (Phi) is 21.8. The molecule has 0 aliphatic heterocycles. The van der Waals surface area contributed by atoms with Gasteiger partial charge in [0, 0.05) is 11.0 Å². The van der Waals surface area contributed by atoms with Gasteiger partial charge in [-0.05, 0) is 23.7 Å². The van der Waals surface area contributed by atoms with Gasteiger partial charge in [0.2, 0.25) is 0 Å². The Hall–Kier alpha value is -0.660. The van der Waals surface area contributed by atoms with Crippen LogP contribution in [-0.4, -0.2) is 11.0 Å². The zero-order valence-corrected chi connectivity index (χ0v) is 30.8. The Morgan fingerprint density at radius 2 is 0.789 bits per heavy atom. The molecule has 0 aliphatic carbocycles. The van der Waals surface area contributed by atoms with Gasteiger partial charge in [-0.2, -0.15) is 12.1 Å². The average Bonchev–Trinajstić information content (AvgIpc) is 3.26. The minimum absolute atomic E-state index is 0. The fraction of sp³-hybridized carbons (Fsp3) is 0.412. The second-order valence-electron chi connectivity index (χ2n) is 10.9. The summed E-state index contributed by atoms with van der Waals surface area (Å²) in [5.74, 6) is 2.42. The first-order valence-electron chi connectivity index (χ1n) is 12.4. The van der Waals surface area contributed by atoms with E-state index in [-0.39, 0.29) is 76.8 Å². The molecule has 4 rings (SSSR count). The van der Waals surface area contributed by atoms with E-state index in [4.69, 9.17) is 0 Å². The summed E-state index contributed by atoms with van der Waals surface area (Å²) in [5.41, 5.74) is 8.66. The fourth-order valence-corrected chi connectivity index (χ4v) is 4.67. The number of halogens is 2. The number of fused-ring (bicyclic) bond motifs is 2. The van der Waals surface area contributed by atoms with Crippen molar-refractivity contribution in [1.29, 1.82) is 0 Å². The molecular weight excluding hydrogens is 599 g/mol. The Balaban J connectivity index is -0.000000263. The molecular formula is C34H50Cl2SiZr. The summed E-state index contributed by atoms with van der Waals surface area (Å²) in [6, 6.07) is 18.7. The second kappa shape index (κ2) is 18.6. The first kappa shape index (κ1) is 44.4. The minimum Gasteiger partial charge on any atom is -0.358 e. The van der Waals surface area contributed by atoms with Crippen LogP contribution in [0.3, 0.4) is 0 Å². The molecule has 4 aromatic rings. The molecule has 0 unspecified atom stereocenters. The maximum atomic E-state index is 2.39. The summed E-state index contributed by atoms with van der Waals surface area (Å²) in [6.45, 7) is 22.5. The monoisotopic (exact) mass is 646 g/mol. The van der Waals surface area contributed by atoms with E-state index in [1.165, 1.54) is 54.9 Å². The van der Waals surface area contributed by atoms with Crippen molar-refractivity contribution in [3.8, 4) is 0 Å². The van der Waals surface area contributed by atoms with Crippen molar-refractivity contribution < 1.29 is 26.2 Å².